The average molecular weight is 418 g/mol. The van der Waals surface area contributed by atoms with E-state index in [1.54, 1.807) is 6.08 Å². The van der Waals surface area contributed by atoms with Crippen molar-refractivity contribution < 1.29 is 9.59 Å². The first kappa shape index (κ1) is 21.4. The molecule has 1 aliphatic rings. The number of hydrogen-bond donors (Lipinski definition) is 1. The summed E-state index contributed by atoms with van der Waals surface area (Å²) in [5.74, 6) is -0.645. The number of nitrogens with one attached hydrogen (secondary N) is 1. The van der Waals surface area contributed by atoms with Crippen LogP contribution >= 0.6 is 11.8 Å². The Morgan fingerprint density at radius 3 is 2.60 bits per heavy atom. The lowest BCUT2D eigenvalue weighted by Gasteiger charge is -2.19. The van der Waals surface area contributed by atoms with Gasteiger partial charge in [-0.2, -0.15) is 5.26 Å². The van der Waals surface area contributed by atoms with Crippen LogP contribution in [0.5, 0.6) is 0 Å². The Labute approximate surface area is 181 Å². The van der Waals surface area contributed by atoms with Crippen molar-refractivity contribution in [1.29, 1.82) is 5.26 Å². The summed E-state index contributed by atoms with van der Waals surface area (Å²) in [6, 6.07) is 17.4. The molecule has 2 amide bonds. The molecule has 5 nitrogen and oxygen atoms in total. The minimum Gasteiger partial charge on any atom is -0.348 e. The highest BCUT2D eigenvalue weighted by Crippen LogP contribution is 2.42. The number of rotatable bonds is 6. The second-order valence-corrected chi connectivity index (χ2v) is 8.22. The molecule has 152 valence electrons. The summed E-state index contributed by atoms with van der Waals surface area (Å²) < 4.78 is 0. The lowest BCUT2D eigenvalue weighted by atomic mass is 10.1. The number of nitrogens with zero attached hydrogens (tertiary/aromatic N) is 2. The first-order valence-corrected chi connectivity index (χ1v) is 10.5. The molecule has 1 atom stereocenters. The number of carbonyl (C=O) groups is 2. The standard InChI is InChI=1S/C24H23N3O2S/c1-4-12-26-22(28)20(15-25)24-27(19-11-10-16(2)17(3)13-19)23(29)21(30-24)14-18-8-6-5-7-9-18/h4-11,13,21H,1,12,14H2,2-3H3,(H,26,28)/b24-20-. The van der Waals surface area contributed by atoms with E-state index in [9.17, 15) is 14.9 Å². The van der Waals surface area contributed by atoms with Gasteiger partial charge in [0.05, 0.1) is 5.25 Å². The van der Waals surface area contributed by atoms with E-state index < -0.39 is 11.2 Å². The molecule has 0 spiro atoms. The van der Waals surface area contributed by atoms with Crippen LogP contribution in [-0.2, 0) is 16.0 Å². The third-order valence-electron chi connectivity index (χ3n) is 4.93. The van der Waals surface area contributed by atoms with Gasteiger partial charge in [-0.25, -0.2) is 0 Å². The van der Waals surface area contributed by atoms with E-state index >= 15 is 0 Å². The van der Waals surface area contributed by atoms with Crippen LogP contribution in [0.15, 0.2) is 71.8 Å². The maximum atomic E-state index is 13.4. The van der Waals surface area contributed by atoms with E-state index in [4.69, 9.17) is 0 Å². The van der Waals surface area contributed by atoms with Gasteiger partial charge in [-0.05, 0) is 49.1 Å². The molecule has 2 aromatic rings. The SMILES string of the molecule is C=CCNC(=O)/C(C#N)=C1\SC(Cc2ccccc2)C(=O)N1c1ccc(C)c(C)c1. The number of thioether (sulfide) groups is 1. The van der Waals surface area contributed by atoms with Gasteiger partial charge in [0.2, 0.25) is 5.91 Å². The molecule has 0 aliphatic carbocycles. The van der Waals surface area contributed by atoms with Crippen molar-refractivity contribution in [3.05, 3.63) is 88.5 Å². The predicted octanol–water partition coefficient (Wildman–Crippen LogP) is 4.03. The molecule has 1 heterocycles. The maximum absolute atomic E-state index is 13.4. The molecule has 2 aromatic carbocycles. The number of nitriles is 1. The van der Waals surface area contributed by atoms with Crippen molar-refractivity contribution in [2.45, 2.75) is 25.5 Å². The Morgan fingerprint density at radius 2 is 1.97 bits per heavy atom. The summed E-state index contributed by atoms with van der Waals surface area (Å²) in [7, 11) is 0. The topological polar surface area (TPSA) is 73.2 Å². The van der Waals surface area contributed by atoms with Gasteiger partial charge in [-0.1, -0.05) is 54.2 Å². The largest absolute Gasteiger partial charge is 0.348 e. The summed E-state index contributed by atoms with van der Waals surface area (Å²) >= 11 is 1.27. The van der Waals surface area contributed by atoms with E-state index in [0.29, 0.717) is 17.1 Å². The Kier molecular flexibility index (Phi) is 6.76. The van der Waals surface area contributed by atoms with Crippen LogP contribution in [-0.4, -0.2) is 23.6 Å². The lowest BCUT2D eigenvalue weighted by Crippen LogP contribution is -2.32. The van der Waals surface area contributed by atoms with Gasteiger partial charge < -0.3 is 5.32 Å². The van der Waals surface area contributed by atoms with E-state index in [2.05, 4.69) is 11.9 Å². The summed E-state index contributed by atoms with van der Waals surface area (Å²) in [6.07, 6.45) is 2.06. The molecular weight excluding hydrogens is 394 g/mol. The first-order valence-electron chi connectivity index (χ1n) is 9.61. The highest BCUT2D eigenvalue weighted by Gasteiger charge is 2.40. The Balaban J connectivity index is 2.06. The second-order valence-electron chi connectivity index (χ2n) is 7.03. The van der Waals surface area contributed by atoms with Crippen LogP contribution in [0.25, 0.3) is 0 Å². The van der Waals surface area contributed by atoms with Crippen molar-refractivity contribution in [3.63, 3.8) is 0 Å². The van der Waals surface area contributed by atoms with Crippen LogP contribution in [0.1, 0.15) is 16.7 Å². The van der Waals surface area contributed by atoms with Gasteiger partial charge in [-0.3, -0.25) is 14.5 Å². The number of amides is 2. The molecule has 0 aromatic heterocycles. The summed E-state index contributed by atoms with van der Waals surface area (Å²) in [5.41, 5.74) is 3.76. The van der Waals surface area contributed by atoms with Crippen LogP contribution in [0, 0.1) is 25.2 Å². The highest BCUT2D eigenvalue weighted by atomic mass is 32.2. The Hall–Kier alpha value is -3.30. The molecule has 1 aliphatic heterocycles. The Bertz CT molecular complexity index is 1050. The summed E-state index contributed by atoms with van der Waals surface area (Å²) in [4.78, 5) is 27.5. The molecule has 6 heteroatoms. The fourth-order valence-corrected chi connectivity index (χ4v) is 4.48. The van der Waals surface area contributed by atoms with Gasteiger partial charge >= 0.3 is 0 Å². The van der Waals surface area contributed by atoms with Crippen LogP contribution in [0.4, 0.5) is 5.69 Å². The van der Waals surface area contributed by atoms with Crippen molar-refractivity contribution in [2.24, 2.45) is 0 Å². The maximum Gasteiger partial charge on any atom is 0.264 e. The normalized spacial score (nSPS) is 17.4. The van der Waals surface area contributed by atoms with Crippen molar-refractivity contribution in [1.82, 2.24) is 5.32 Å². The van der Waals surface area contributed by atoms with E-state index in [-0.39, 0.29) is 18.0 Å². The Morgan fingerprint density at radius 1 is 1.23 bits per heavy atom. The minimum absolute atomic E-state index is 0.0658. The number of hydrogen-bond acceptors (Lipinski definition) is 4. The van der Waals surface area contributed by atoms with Crippen molar-refractivity contribution in [2.75, 3.05) is 11.4 Å². The zero-order valence-corrected chi connectivity index (χ0v) is 17.8. The van der Waals surface area contributed by atoms with Crippen LogP contribution in [0.2, 0.25) is 0 Å². The van der Waals surface area contributed by atoms with E-state index in [1.807, 2.05) is 68.4 Å². The zero-order chi connectivity index (χ0) is 21.7. The molecule has 3 rings (SSSR count). The fourth-order valence-electron chi connectivity index (χ4n) is 3.17. The molecule has 1 N–H and O–H groups in total. The molecule has 1 unspecified atom stereocenters. The minimum atomic E-state index is -0.512. The lowest BCUT2D eigenvalue weighted by molar-refractivity contribution is -0.117. The highest BCUT2D eigenvalue weighted by molar-refractivity contribution is 8.05. The van der Waals surface area contributed by atoms with Crippen LogP contribution < -0.4 is 10.2 Å². The molecule has 1 fully saturated rings. The number of aryl methyl sites for hydroxylation is 2. The number of carbonyl (C=O) groups excluding carboxylic acids is 2. The summed E-state index contributed by atoms with van der Waals surface area (Å²) in [6.45, 7) is 7.80. The predicted molar refractivity (Wildman–Crippen MR) is 121 cm³/mol. The molecule has 1 saturated heterocycles. The van der Waals surface area contributed by atoms with Crippen molar-refractivity contribution >= 4 is 29.3 Å². The molecule has 0 saturated carbocycles. The molecular formula is C24H23N3O2S. The molecule has 0 bridgehead atoms. The van der Waals surface area contributed by atoms with Gasteiger partial charge in [0.15, 0.2) is 0 Å². The van der Waals surface area contributed by atoms with Gasteiger partial charge in [0.25, 0.3) is 5.91 Å². The van der Waals surface area contributed by atoms with E-state index in [0.717, 1.165) is 16.7 Å². The average Bonchev–Trinajstić information content (AvgIpc) is 3.05. The van der Waals surface area contributed by atoms with Gasteiger partial charge in [-0.15, -0.1) is 6.58 Å². The summed E-state index contributed by atoms with van der Waals surface area (Å²) in [5, 5.41) is 12.3. The number of anilines is 1. The third kappa shape index (κ3) is 4.47. The van der Waals surface area contributed by atoms with Crippen LogP contribution in [0.3, 0.4) is 0 Å². The van der Waals surface area contributed by atoms with Gasteiger partial charge in [0, 0.05) is 12.2 Å². The zero-order valence-electron chi connectivity index (χ0n) is 17.0. The van der Waals surface area contributed by atoms with Gasteiger partial charge in [0.1, 0.15) is 16.7 Å². The monoisotopic (exact) mass is 417 g/mol. The third-order valence-corrected chi connectivity index (χ3v) is 6.19. The first-order chi connectivity index (χ1) is 14.5. The number of benzene rings is 2. The molecule has 30 heavy (non-hydrogen) atoms. The molecule has 0 radical (unpaired) electrons. The fraction of sp³-hybridized carbons (Fsp3) is 0.208. The van der Waals surface area contributed by atoms with Crippen molar-refractivity contribution in [3.8, 4) is 6.07 Å². The van der Waals surface area contributed by atoms with E-state index in [1.165, 1.54) is 16.7 Å². The quantitative estimate of drug-likeness (QED) is 0.437. The second kappa shape index (κ2) is 9.47. The smallest absolute Gasteiger partial charge is 0.264 e.